The molecule has 0 aromatic carbocycles. The van der Waals surface area contributed by atoms with Gasteiger partial charge in [0, 0.05) is 0 Å². The number of anilines is 1. The average Bonchev–Trinajstić information content (AvgIpc) is 2.24. The van der Waals surface area contributed by atoms with Crippen LogP contribution in [-0.2, 0) is 0 Å². The van der Waals surface area contributed by atoms with Crippen LogP contribution < -0.4 is 5.73 Å². The van der Waals surface area contributed by atoms with E-state index in [2.05, 4.69) is 25.8 Å². The van der Waals surface area contributed by atoms with Crippen LogP contribution in [0.4, 0.5) is 11.5 Å². The van der Waals surface area contributed by atoms with Crippen LogP contribution in [0.25, 0.3) is 4.85 Å². The minimum absolute atomic E-state index is 0.180. The monoisotopic (exact) mass is 210 g/mol. The SMILES string of the molecule is [C-]#[N+]c1c(N)[nH]c(Br)c1C#N. The molecule has 0 fully saturated rings. The highest BCUT2D eigenvalue weighted by molar-refractivity contribution is 9.10. The van der Waals surface area contributed by atoms with Crippen LogP contribution in [0.1, 0.15) is 5.56 Å². The first-order chi connectivity index (χ1) is 5.20. The summed E-state index contributed by atoms with van der Waals surface area (Å²) in [5, 5.41) is 8.54. The number of aromatic nitrogens is 1. The van der Waals surface area contributed by atoms with Crippen molar-refractivity contribution in [1.82, 2.24) is 4.98 Å². The molecule has 54 valence electrons. The molecule has 1 aromatic rings. The van der Waals surface area contributed by atoms with Crippen LogP contribution in [0.3, 0.4) is 0 Å². The number of nitrogens with zero attached hydrogens (tertiary/aromatic N) is 2. The van der Waals surface area contributed by atoms with E-state index in [1.165, 1.54) is 0 Å². The summed E-state index contributed by atoms with van der Waals surface area (Å²) >= 11 is 3.07. The summed E-state index contributed by atoms with van der Waals surface area (Å²) in [5.74, 6) is 0.225. The normalized spacial score (nSPS) is 8.64. The zero-order chi connectivity index (χ0) is 8.43. The van der Waals surface area contributed by atoms with E-state index in [1.54, 1.807) is 0 Å². The molecule has 0 atom stereocenters. The Morgan fingerprint density at radius 2 is 2.36 bits per heavy atom. The van der Waals surface area contributed by atoms with Gasteiger partial charge in [0.25, 0.3) is 0 Å². The van der Waals surface area contributed by atoms with Crippen molar-refractivity contribution in [3.63, 3.8) is 0 Å². The smallest absolute Gasteiger partial charge is 0.245 e. The molecule has 0 amide bonds. The molecule has 0 aliphatic carbocycles. The van der Waals surface area contributed by atoms with Crippen molar-refractivity contribution in [3.05, 3.63) is 21.6 Å². The van der Waals surface area contributed by atoms with Gasteiger partial charge in [-0.1, -0.05) is 0 Å². The van der Waals surface area contributed by atoms with Gasteiger partial charge < -0.3 is 10.7 Å². The Bertz CT molecular complexity index is 331. The number of nitrogens with two attached hydrogens (primary N) is 1. The van der Waals surface area contributed by atoms with Crippen LogP contribution in [-0.4, -0.2) is 4.98 Å². The topological polar surface area (TPSA) is 70.0 Å². The lowest BCUT2D eigenvalue weighted by atomic mass is 10.3. The second-order valence-corrected chi connectivity index (χ2v) is 2.59. The number of hydrogen-bond acceptors (Lipinski definition) is 2. The van der Waals surface area contributed by atoms with Crippen LogP contribution >= 0.6 is 15.9 Å². The second kappa shape index (κ2) is 2.65. The molecule has 5 heteroatoms. The maximum atomic E-state index is 8.54. The predicted octanol–water partition coefficient (Wildman–Crippen LogP) is 1.78. The molecular weight excluding hydrogens is 208 g/mol. The van der Waals surface area contributed by atoms with Crippen molar-refractivity contribution < 1.29 is 0 Å². The molecule has 3 N–H and O–H groups in total. The van der Waals surface area contributed by atoms with Crippen LogP contribution in [0.15, 0.2) is 4.60 Å². The number of hydrogen-bond donors (Lipinski definition) is 2. The Hall–Kier alpha value is -1.46. The van der Waals surface area contributed by atoms with Crippen molar-refractivity contribution in [3.8, 4) is 6.07 Å². The fraction of sp³-hybridized carbons (Fsp3) is 0. The van der Waals surface area contributed by atoms with E-state index in [0.29, 0.717) is 4.60 Å². The number of nitrogens with one attached hydrogen (secondary N) is 1. The molecule has 0 unspecified atom stereocenters. The quantitative estimate of drug-likeness (QED) is 0.642. The Morgan fingerprint density at radius 3 is 2.73 bits per heavy atom. The van der Waals surface area contributed by atoms with Gasteiger partial charge in [0.15, 0.2) is 0 Å². The van der Waals surface area contributed by atoms with Crippen molar-refractivity contribution in [1.29, 1.82) is 5.26 Å². The van der Waals surface area contributed by atoms with E-state index in [-0.39, 0.29) is 17.1 Å². The van der Waals surface area contributed by atoms with E-state index >= 15 is 0 Å². The lowest BCUT2D eigenvalue weighted by Crippen LogP contribution is -1.81. The van der Waals surface area contributed by atoms with Gasteiger partial charge in [0.1, 0.15) is 5.82 Å². The molecule has 1 heterocycles. The standard InChI is InChI=1S/C6H3BrN4/c1-10-4-3(2-8)5(7)11-6(4)9/h11H,9H2. The van der Waals surface area contributed by atoms with E-state index in [4.69, 9.17) is 17.6 Å². The Labute approximate surface area is 71.6 Å². The molecular formula is C6H3BrN4. The lowest BCUT2D eigenvalue weighted by Gasteiger charge is -1.82. The van der Waals surface area contributed by atoms with Crippen molar-refractivity contribution >= 4 is 27.4 Å². The zero-order valence-corrected chi connectivity index (χ0v) is 6.94. The summed E-state index contributed by atoms with van der Waals surface area (Å²) in [6.45, 7) is 6.70. The van der Waals surface area contributed by atoms with E-state index in [1.807, 2.05) is 6.07 Å². The third-order valence-corrected chi connectivity index (χ3v) is 1.77. The summed E-state index contributed by atoms with van der Waals surface area (Å²) in [6, 6.07) is 1.86. The lowest BCUT2D eigenvalue weighted by molar-refractivity contribution is 1.35. The van der Waals surface area contributed by atoms with Gasteiger partial charge in [-0.3, -0.25) is 0 Å². The van der Waals surface area contributed by atoms with E-state index < -0.39 is 0 Å². The summed E-state index contributed by atoms with van der Waals surface area (Å²) in [4.78, 5) is 5.74. The molecule has 1 aromatic heterocycles. The number of nitriles is 1. The Morgan fingerprint density at radius 1 is 1.73 bits per heavy atom. The molecule has 4 nitrogen and oxygen atoms in total. The number of H-pyrrole nitrogens is 1. The molecule has 0 aliphatic rings. The van der Waals surface area contributed by atoms with Gasteiger partial charge in [-0.05, 0) is 15.9 Å². The van der Waals surface area contributed by atoms with Gasteiger partial charge in [0.2, 0.25) is 5.69 Å². The summed E-state index contributed by atoms with van der Waals surface area (Å²) in [7, 11) is 0. The number of rotatable bonds is 0. The van der Waals surface area contributed by atoms with Gasteiger partial charge in [-0.2, -0.15) is 5.26 Å². The number of nitrogen functional groups attached to an aromatic ring is 1. The molecule has 0 radical (unpaired) electrons. The zero-order valence-electron chi connectivity index (χ0n) is 5.35. The first-order valence-electron chi connectivity index (χ1n) is 2.65. The fourth-order valence-corrected chi connectivity index (χ4v) is 1.19. The Kier molecular flexibility index (Phi) is 1.84. The molecule has 11 heavy (non-hydrogen) atoms. The molecule has 0 saturated carbocycles. The van der Waals surface area contributed by atoms with Crippen LogP contribution in [0, 0.1) is 17.9 Å². The predicted molar refractivity (Wildman–Crippen MR) is 43.9 cm³/mol. The largest absolute Gasteiger partial charge is 0.394 e. The molecule has 1 rings (SSSR count). The average molecular weight is 211 g/mol. The molecule has 0 spiro atoms. The maximum Gasteiger partial charge on any atom is 0.245 e. The Balaban J connectivity index is 3.47. The van der Waals surface area contributed by atoms with Crippen LogP contribution in [0.2, 0.25) is 0 Å². The molecule has 0 saturated heterocycles. The highest BCUT2D eigenvalue weighted by Crippen LogP contribution is 2.32. The summed E-state index contributed by atoms with van der Waals surface area (Å²) in [6.07, 6.45) is 0. The van der Waals surface area contributed by atoms with Crippen molar-refractivity contribution in [2.45, 2.75) is 0 Å². The van der Waals surface area contributed by atoms with Gasteiger partial charge in [-0.15, -0.1) is 0 Å². The highest BCUT2D eigenvalue weighted by Gasteiger charge is 2.12. The first kappa shape index (κ1) is 7.64. The minimum atomic E-state index is 0.180. The van der Waals surface area contributed by atoms with Gasteiger partial charge >= 0.3 is 0 Å². The van der Waals surface area contributed by atoms with E-state index in [9.17, 15) is 0 Å². The van der Waals surface area contributed by atoms with Gasteiger partial charge in [0.05, 0.1) is 22.8 Å². The second-order valence-electron chi connectivity index (χ2n) is 1.80. The molecule has 0 aliphatic heterocycles. The first-order valence-corrected chi connectivity index (χ1v) is 3.44. The highest BCUT2D eigenvalue weighted by atomic mass is 79.9. The summed E-state index contributed by atoms with van der Waals surface area (Å²) in [5.41, 5.74) is 5.82. The number of halogens is 1. The maximum absolute atomic E-state index is 8.54. The van der Waals surface area contributed by atoms with Crippen molar-refractivity contribution in [2.24, 2.45) is 0 Å². The number of aromatic amines is 1. The van der Waals surface area contributed by atoms with Gasteiger partial charge in [-0.25, -0.2) is 4.85 Å². The fourth-order valence-electron chi connectivity index (χ4n) is 0.697. The third-order valence-electron chi connectivity index (χ3n) is 1.18. The molecule has 0 bridgehead atoms. The minimum Gasteiger partial charge on any atom is -0.394 e. The van der Waals surface area contributed by atoms with Crippen LogP contribution in [0.5, 0.6) is 0 Å². The van der Waals surface area contributed by atoms with E-state index in [0.717, 1.165) is 0 Å². The third kappa shape index (κ3) is 1.06. The summed E-state index contributed by atoms with van der Waals surface area (Å²) < 4.78 is 0.462. The van der Waals surface area contributed by atoms with Crippen molar-refractivity contribution in [2.75, 3.05) is 5.73 Å².